The maximum Gasteiger partial charge on any atom is 0.232 e. The van der Waals surface area contributed by atoms with Crippen molar-refractivity contribution in [2.45, 2.75) is 26.3 Å². The quantitative estimate of drug-likeness (QED) is 0.800. The molecule has 0 saturated heterocycles. The lowest BCUT2D eigenvalue weighted by Gasteiger charge is -2.09. The second-order valence-corrected chi connectivity index (χ2v) is 4.59. The van der Waals surface area contributed by atoms with Crippen LogP contribution in [0.1, 0.15) is 20.3 Å². The number of pyridine rings is 1. The first-order chi connectivity index (χ1) is 7.59. The van der Waals surface area contributed by atoms with Crippen LogP contribution in [0, 0.1) is 0 Å². The number of aromatic nitrogens is 1. The van der Waals surface area contributed by atoms with Crippen LogP contribution in [0.15, 0.2) is 12.3 Å². The van der Waals surface area contributed by atoms with Gasteiger partial charge in [0.15, 0.2) is 0 Å². The third-order valence-electron chi connectivity index (χ3n) is 1.89. The van der Waals surface area contributed by atoms with Crippen molar-refractivity contribution >= 4 is 23.2 Å². The average molecular weight is 263 g/mol. The first kappa shape index (κ1) is 13.6. The highest BCUT2D eigenvalue weighted by atomic mass is 35.5. The molecule has 1 aromatic heterocycles. The molecule has 0 atom stereocenters. The van der Waals surface area contributed by atoms with Gasteiger partial charge in [-0.1, -0.05) is 37.0 Å². The molecule has 0 fully saturated rings. The Kier molecular flexibility index (Phi) is 5.88. The van der Waals surface area contributed by atoms with Crippen molar-refractivity contribution in [3.05, 3.63) is 22.3 Å². The highest BCUT2D eigenvalue weighted by molar-refractivity contribution is 6.35. The van der Waals surface area contributed by atoms with Gasteiger partial charge >= 0.3 is 0 Å². The summed E-state index contributed by atoms with van der Waals surface area (Å²) in [5, 5.41) is 4.26. The van der Waals surface area contributed by atoms with Gasteiger partial charge in [-0.2, -0.15) is 0 Å². The predicted molar refractivity (Wildman–Crippen MR) is 67.5 cm³/mol. The van der Waals surface area contributed by atoms with Crippen molar-refractivity contribution in [3.8, 4) is 5.88 Å². The molecule has 0 aliphatic heterocycles. The molecule has 0 aliphatic rings. The molecule has 0 amide bonds. The third kappa shape index (κ3) is 5.01. The number of nitrogens with one attached hydrogen (secondary N) is 1. The molecular formula is C11H16Cl2N2O. The van der Waals surface area contributed by atoms with Gasteiger partial charge in [-0.15, -0.1) is 0 Å². The number of hydrogen-bond donors (Lipinski definition) is 1. The molecule has 0 saturated carbocycles. The molecule has 1 N–H and O–H groups in total. The van der Waals surface area contributed by atoms with Crippen LogP contribution in [0.5, 0.6) is 5.88 Å². The summed E-state index contributed by atoms with van der Waals surface area (Å²) < 4.78 is 5.43. The zero-order valence-corrected chi connectivity index (χ0v) is 11.0. The van der Waals surface area contributed by atoms with Crippen LogP contribution >= 0.6 is 23.2 Å². The van der Waals surface area contributed by atoms with E-state index in [1.54, 1.807) is 6.07 Å². The van der Waals surface area contributed by atoms with E-state index in [1.165, 1.54) is 6.20 Å². The molecule has 16 heavy (non-hydrogen) atoms. The Labute approximate surface area is 106 Å². The molecule has 0 radical (unpaired) electrons. The highest BCUT2D eigenvalue weighted by Gasteiger charge is 2.03. The van der Waals surface area contributed by atoms with E-state index in [1.807, 2.05) is 0 Å². The van der Waals surface area contributed by atoms with Crippen LogP contribution in [0.2, 0.25) is 10.0 Å². The Morgan fingerprint density at radius 3 is 2.81 bits per heavy atom. The van der Waals surface area contributed by atoms with Crippen LogP contribution < -0.4 is 10.1 Å². The molecule has 3 nitrogen and oxygen atoms in total. The predicted octanol–water partition coefficient (Wildman–Crippen LogP) is 3.16. The van der Waals surface area contributed by atoms with Gasteiger partial charge in [0, 0.05) is 12.2 Å². The molecule has 0 aromatic carbocycles. The second-order valence-electron chi connectivity index (χ2n) is 3.75. The van der Waals surface area contributed by atoms with Crippen molar-refractivity contribution in [2.75, 3.05) is 13.2 Å². The number of halogens is 2. The maximum atomic E-state index is 5.91. The zero-order chi connectivity index (χ0) is 12.0. The molecule has 0 unspecified atom stereocenters. The Morgan fingerprint density at radius 2 is 2.19 bits per heavy atom. The van der Waals surface area contributed by atoms with E-state index in [9.17, 15) is 0 Å². The molecule has 0 spiro atoms. The van der Waals surface area contributed by atoms with Crippen LogP contribution in [0.4, 0.5) is 0 Å². The lowest BCUT2D eigenvalue weighted by Crippen LogP contribution is -2.24. The van der Waals surface area contributed by atoms with Crippen LogP contribution in [-0.4, -0.2) is 24.2 Å². The van der Waals surface area contributed by atoms with E-state index >= 15 is 0 Å². The Balaban J connectivity index is 2.27. The monoisotopic (exact) mass is 262 g/mol. The Morgan fingerprint density at radius 1 is 1.44 bits per heavy atom. The summed E-state index contributed by atoms with van der Waals surface area (Å²) in [6.45, 7) is 5.73. The fourth-order valence-electron chi connectivity index (χ4n) is 1.14. The zero-order valence-electron chi connectivity index (χ0n) is 9.46. The Hall–Kier alpha value is -0.510. The molecule has 5 heteroatoms. The van der Waals surface area contributed by atoms with Crippen molar-refractivity contribution in [3.63, 3.8) is 0 Å². The first-order valence-electron chi connectivity index (χ1n) is 5.27. The number of ether oxygens (including phenoxy) is 1. The molecule has 0 aliphatic carbocycles. The lowest BCUT2D eigenvalue weighted by molar-refractivity contribution is 0.295. The fraction of sp³-hybridized carbons (Fsp3) is 0.545. The molecule has 1 aromatic rings. The van der Waals surface area contributed by atoms with E-state index in [-0.39, 0.29) is 0 Å². The minimum Gasteiger partial charge on any atom is -0.477 e. The maximum absolute atomic E-state index is 5.91. The second kappa shape index (κ2) is 6.94. The van der Waals surface area contributed by atoms with Gasteiger partial charge in [0.05, 0.1) is 11.6 Å². The first-order valence-corrected chi connectivity index (χ1v) is 6.02. The lowest BCUT2D eigenvalue weighted by atomic mass is 10.3. The topological polar surface area (TPSA) is 34.1 Å². The Bertz CT molecular complexity index is 332. The van der Waals surface area contributed by atoms with Gasteiger partial charge in [-0.05, 0) is 19.0 Å². The molecule has 0 bridgehead atoms. The van der Waals surface area contributed by atoms with Crippen molar-refractivity contribution < 1.29 is 4.74 Å². The van der Waals surface area contributed by atoms with Gasteiger partial charge in [0.2, 0.25) is 5.88 Å². The smallest absolute Gasteiger partial charge is 0.232 e. The van der Waals surface area contributed by atoms with E-state index in [0.717, 1.165) is 13.0 Å². The van der Waals surface area contributed by atoms with E-state index in [4.69, 9.17) is 27.9 Å². The third-order valence-corrected chi connectivity index (χ3v) is 2.36. The number of rotatable bonds is 6. The van der Waals surface area contributed by atoms with E-state index in [0.29, 0.717) is 28.6 Å². The number of hydrogen-bond acceptors (Lipinski definition) is 3. The standard InChI is InChI=1S/C11H16Cl2N2O/c1-8(2)14-4-3-5-16-11-10(13)6-9(12)7-15-11/h6-8,14H,3-5H2,1-2H3. The molecule has 1 rings (SSSR count). The summed E-state index contributed by atoms with van der Waals surface area (Å²) in [6, 6.07) is 2.12. The van der Waals surface area contributed by atoms with Gasteiger partial charge in [-0.3, -0.25) is 0 Å². The summed E-state index contributed by atoms with van der Waals surface area (Å²) in [5.74, 6) is 0.440. The van der Waals surface area contributed by atoms with Crippen LogP contribution in [-0.2, 0) is 0 Å². The minimum absolute atomic E-state index is 0.440. The SMILES string of the molecule is CC(C)NCCCOc1ncc(Cl)cc1Cl. The summed E-state index contributed by atoms with van der Waals surface area (Å²) in [4.78, 5) is 4.00. The summed E-state index contributed by atoms with van der Waals surface area (Å²) in [6.07, 6.45) is 2.44. The van der Waals surface area contributed by atoms with Crippen LogP contribution in [0.3, 0.4) is 0 Å². The van der Waals surface area contributed by atoms with Crippen LogP contribution in [0.25, 0.3) is 0 Å². The van der Waals surface area contributed by atoms with E-state index in [2.05, 4.69) is 24.1 Å². The molecule has 1 heterocycles. The van der Waals surface area contributed by atoms with Crippen molar-refractivity contribution in [1.82, 2.24) is 10.3 Å². The summed E-state index contributed by atoms with van der Waals surface area (Å²) in [5.41, 5.74) is 0. The average Bonchev–Trinajstić information content (AvgIpc) is 2.20. The van der Waals surface area contributed by atoms with Gasteiger partial charge < -0.3 is 10.1 Å². The normalized spacial score (nSPS) is 10.8. The minimum atomic E-state index is 0.440. The van der Waals surface area contributed by atoms with Crippen molar-refractivity contribution in [2.24, 2.45) is 0 Å². The fourth-order valence-corrected chi connectivity index (χ4v) is 1.57. The van der Waals surface area contributed by atoms with Crippen molar-refractivity contribution in [1.29, 1.82) is 0 Å². The van der Waals surface area contributed by atoms with Gasteiger partial charge in [-0.25, -0.2) is 4.98 Å². The summed E-state index contributed by atoms with van der Waals surface area (Å²) in [7, 11) is 0. The molecule has 90 valence electrons. The van der Waals surface area contributed by atoms with Gasteiger partial charge in [0.25, 0.3) is 0 Å². The van der Waals surface area contributed by atoms with E-state index < -0.39 is 0 Å². The highest BCUT2D eigenvalue weighted by Crippen LogP contribution is 2.24. The van der Waals surface area contributed by atoms with Gasteiger partial charge in [0.1, 0.15) is 5.02 Å². The largest absolute Gasteiger partial charge is 0.477 e. The molecular weight excluding hydrogens is 247 g/mol. The summed E-state index contributed by atoms with van der Waals surface area (Å²) >= 11 is 11.6. The number of nitrogens with zero attached hydrogens (tertiary/aromatic N) is 1.